The van der Waals surface area contributed by atoms with Crippen LogP contribution in [0.4, 0.5) is 17.6 Å². The van der Waals surface area contributed by atoms with Gasteiger partial charge in [-0.2, -0.15) is 13.2 Å². The first-order valence-corrected chi connectivity index (χ1v) is 6.64. The van der Waals surface area contributed by atoms with Gasteiger partial charge in [0.05, 0.1) is 6.42 Å². The Morgan fingerprint density at radius 1 is 1.25 bits per heavy atom. The molecule has 1 aliphatic heterocycles. The number of halogens is 4. The normalized spacial score (nSPS) is 19.1. The summed E-state index contributed by atoms with van der Waals surface area (Å²) in [6.07, 6.45) is -5.14. The molecule has 0 aromatic heterocycles. The van der Waals surface area contributed by atoms with Crippen molar-refractivity contribution in [3.8, 4) is 0 Å². The second kappa shape index (κ2) is 6.10. The second-order valence-corrected chi connectivity index (χ2v) is 5.13. The van der Waals surface area contributed by atoms with Gasteiger partial charge in [-0.1, -0.05) is 12.1 Å². The van der Waals surface area contributed by atoms with Crippen molar-refractivity contribution in [2.45, 2.75) is 25.6 Å². The van der Waals surface area contributed by atoms with E-state index in [9.17, 15) is 17.6 Å². The Balaban J connectivity index is 2.26. The van der Waals surface area contributed by atoms with E-state index in [4.69, 9.17) is 0 Å². The zero-order chi connectivity index (χ0) is 14.8. The lowest BCUT2D eigenvalue weighted by atomic mass is 9.99. The van der Waals surface area contributed by atoms with Crippen LogP contribution in [0.25, 0.3) is 0 Å². The van der Waals surface area contributed by atoms with Gasteiger partial charge in [0.2, 0.25) is 0 Å². The highest BCUT2D eigenvalue weighted by atomic mass is 19.4. The number of rotatable bonds is 3. The van der Waals surface area contributed by atoms with E-state index in [-0.39, 0.29) is 5.82 Å². The molecule has 20 heavy (non-hydrogen) atoms. The molecule has 0 bridgehead atoms. The Hall–Kier alpha value is -1.14. The van der Waals surface area contributed by atoms with E-state index < -0.39 is 18.6 Å². The number of alkyl halides is 3. The smallest absolute Gasteiger partial charge is 0.314 e. The van der Waals surface area contributed by atoms with Crippen molar-refractivity contribution >= 4 is 0 Å². The molecule has 6 heteroatoms. The van der Waals surface area contributed by atoms with Gasteiger partial charge < -0.3 is 5.32 Å². The SMILES string of the molecule is Cc1cc([C@@H](CC(F)(F)F)N2CCNCC2)ccc1F. The first kappa shape index (κ1) is 15.3. The van der Waals surface area contributed by atoms with Gasteiger partial charge in [0.25, 0.3) is 0 Å². The minimum Gasteiger partial charge on any atom is -0.314 e. The summed E-state index contributed by atoms with van der Waals surface area (Å²) in [5.74, 6) is -0.389. The first-order valence-electron chi connectivity index (χ1n) is 6.64. The highest BCUT2D eigenvalue weighted by molar-refractivity contribution is 5.27. The Labute approximate surface area is 115 Å². The van der Waals surface area contributed by atoms with E-state index in [0.717, 1.165) is 0 Å². The maximum absolute atomic E-state index is 13.3. The van der Waals surface area contributed by atoms with E-state index in [0.29, 0.717) is 37.3 Å². The predicted octanol–water partition coefficient (Wildman–Crippen LogP) is 3.03. The van der Waals surface area contributed by atoms with Crippen LogP contribution in [-0.4, -0.2) is 37.3 Å². The summed E-state index contributed by atoms with van der Waals surface area (Å²) in [6, 6.07) is 3.49. The molecule has 0 aliphatic carbocycles. The Morgan fingerprint density at radius 3 is 2.45 bits per heavy atom. The lowest BCUT2D eigenvalue weighted by Crippen LogP contribution is -2.46. The molecule has 1 fully saturated rings. The topological polar surface area (TPSA) is 15.3 Å². The molecule has 112 valence electrons. The lowest BCUT2D eigenvalue weighted by Gasteiger charge is -2.35. The summed E-state index contributed by atoms with van der Waals surface area (Å²) in [5.41, 5.74) is 0.910. The van der Waals surface area contributed by atoms with Crippen LogP contribution in [0, 0.1) is 12.7 Å². The number of hydrogen-bond donors (Lipinski definition) is 1. The van der Waals surface area contributed by atoms with E-state index in [1.54, 1.807) is 6.92 Å². The van der Waals surface area contributed by atoms with E-state index in [1.807, 2.05) is 4.90 Å². The summed E-state index contributed by atoms with van der Waals surface area (Å²) in [7, 11) is 0. The largest absolute Gasteiger partial charge is 0.390 e. The van der Waals surface area contributed by atoms with Crippen molar-refractivity contribution in [2.24, 2.45) is 0 Å². The summed E-state index contributed by atoms with van der Waals surface area (Å²) in [4.78, 5) is 1.82. The lowest BCUT2D eigenvalue weighted by molar-refractivity contribution is -0.148. The van der Waals surface area contributed by atoms with Crippen LogP contribution in [0.3, 0.4) is 0 Å². The average Bonchev–Trinajstić information content (AvgIpc) is 2.39. The monoisotopic (exact) mass is 290 g/mol. The highest BCUT2D eigenvalue weighted by Crippen LogP contribution is 2.34. The van der Waals surface area contributed by atoms with E-state index in [2.05, 4.69) is 5.32 Å². The Morgan fingerprint density at radius 2 is 1.90 bits per heavy atom. The van der Waals surface area contributed by atoms with Crippen LogP contribution in [0.1, 0.15) is 23.6 Å². The molecule has 2 nitrogen and oxygen atoms in total. The molecule has 1 aliphatic rings. The molecule has 0 spiro atoms. The minimum atomic E-state index is -4.24. The number of nitrogens with zero attached hydrogens (tertiary/aromatic N) is 1. The van der Waals surface area contributed by atoms with Crippen molar-refractivity contribution in [1.82, 2.24) is 10.2 Å². The van der Waals surface area contributed by atoms with Crippen LogP contribution in [0.15, 0.2) is 18.2 Å². The third-order valence-corrected chi connectivity index (χ3v) is 3.58. The summed E-state index contributed by atoms with van der Waals surface area (Å²) >= 11 is 0. The predicted molar refractivity (Wildman–Crippen MR) is 69.0 cm³/mol. The third kappa shape index (κ3) is 3.93. The molecule has 1 aromatic carbocycles. The van der Waals surface area contributed by atoms with E-state index in [1.165, 1.54) is 18.2 Å². The first-order chi connectivity index (χ1) is 9.37. The van der Waals surface area contributed by atoms with Gasteiger partial charge in [-0.3, -0.25) is 4.90 Å². The van der Waals surface area contributed by atoms with Gasteiger partial charge in [-0.25, -0.2) is 4.39 Å². The fraction of sp³-hybridized carbons (Fsp3) is 0.571. The maximum Gasteiger partial charge on any atom is 0.390 e. The summed E-state index contributed by atoms with van der Waals surface area (Å²) < 4.78 is 51.7. The molecule has 1 N–H and O–H groups in total. The molecule has 0 unspecified atom stereocenters. The quantitative estimate of drug-likeness (QED) is 0.861. The Bertz CT molecular complexity index is 453. The molecule has 0 saturated carbocycles. The fourth-order valence-electron chi connectivity index (χ4n) is 2.55. The molecule has 1 atom stereocenters. The molecular weight excluding hydrogens is 272 g/mol. The standard InChI is InChI=1S/C14H18F4N2/c1-10-8-11(2-3-12(10)15)13(9-14(16,17)18)20-6-4-19-5-7-20/h2-3,8,13,19H,4-7,9H2,1H3/t13-/m1/s1. The van der Waals surface area contributed by atoms with Gasteiger partial charge >= 0.3 is 6.18 Å². The fourth-order valence-corrected chi connectivity index (χ4v) is 2.55. The van der Waals surface area contributed by atoms with Crippen LogP contribution in [0.2, 0.25) is 0 Å². The van der Waals surface area contributed by atoms with Crippen molar-refractivity contribution in [3.63, 3.8) is 0 Å². The van der Waals surface area contributed by atoms with Crippen LogP contribution in [-0.2, 0) is 0 Å². The molecular formula is C14H18F4N2. The molecule has 1 aromatic rings. The van der Waals surface area contributed by atoms with Crippen LogP contribution < -0.4 is 5.32 Å². The minimum absolute atomic E-state index is 0.379. The van der Waals surface area contributed by atoms with Crippen molar-refractivity contribution in [3.05, 3.63) is 35.1 Å². The van der Waals surface area contributed by atoms with E-state index >= 15 is 0 Å². The van der Waals surface area contributed by atoms with Gasteiger partial charge in [-0.05, 0) is 24.1 Å². The number of aryl methyl sites for hydroxylation is 1. The zero-order valence-electron chi connectivity index (χ0n) is 11.3. The van der Waals surface area contributed by atoms with Gasteiger partial charge in [0.1, 0.15) is 5.82 Å². The number of hydrogen-bond acceptors (Lipinski definition) is 2. The summed E-state index contributed by atoms with van der Waals surface area (Å²) in [5, 5.41) is 3.12. The summed E-state index contributed by atoms with van der Waals surface area (Å²) in [6.45, 7) is 4.05. The third-order valence-electron chi connectivity index (χ3n) is 3.58. The van der Waals surface area contributed by atoms with Crippen molar-refractivity contribution < 1.29 is 17.6 Å². The average molecular weight is 290 g/mol. The molecule has 1 saturated heterocycles. The number of piperazine rings is 1. The molecule has 1 heterocycles. The van der Waals surface area contributed by atoms with Crippen LogP contribution >= 0.6 is 0 Å². The number of nitrogens with one attached hydrogen (secondary N) is 1. The van der Waals surface area contributed by atoms with Crippen molar-refractivity contribution in [1.29, 1.82) is 0 Å². The van der Waals surface area contributed by atoms with Gasteiger partial charge in [0.15, 0.2) is 0 Å². The maximum atomic E-state index is 13.3. The second-order valence-electron chi connectivity index (χ2n) is 5.13. The van der Waals surface area contributed by atoms with Gasteiger partial charge in [0, 0.05) is 32.2 Å². The molecule has 2 rings (SSSR count). The highest BCUT2D eigenvalue weighted by Gasteiger charge is 2.36. The zero-order valence-corrected chi connectivity index (χ0v) is 11.3. The molecule has 0 radical (unpaired) electrons. The van der Waals surface area contributed by atoms with Gasteiger partial charge in [-0.15, -0.1) is 0 Å². The van der Waals surface area contributed by atoms with Crippen LogP contribution in [0.5, 0.6) is 0 Å². The Kier molecular flexibility index (Phi) is 4.65. The number of benzene rings is 1. The van der Waals surface area contributed by atoms with Crippen molar-refractivity contribution in [2.75, 3.05) is 26.2 Å². The molecule has 0 amide bonds.